The molecule has 2 rings (SSSR count). The number of carbonyl (C=O) groups is 2. The van der Waals surface area contributed by atoms with Crippen LogP contribution in [-0.2, 0) is 9.53 Å². The maximum absolute atomic E-state index is 12.1. The van der Waals surface area contributed by atoms with Crippen molar-refractivity contribution in [3.05, 3.63) is 29.3 Å². The summed E-state index contributed by atoms with van der Waals surface area (Å²) in [5.74, 6) is 0.0476. The fraction of sp³-hybridized carbons (Fsp3) is 0.579. The summed E-state index contributed by atoms with van der Waals surface area (Å²) in [6.07, 6.45) is 1.72. The minimum absolute atomic E-state index is 0.0476. The summed E-state index contributed by atoms with van der Waals surface area (Å²) in [4.78, 5) is 25.5. The number of amides is 2. The quantitative estimate of drug-likeness (QED) is 0.830. The van der Waals surface area contributed by atoms with E-state index in [-0.39, 0.29) is 18.0 Å². The molecule has 2 N–H and O–H groups in total. The number of aryl methyl sites for hydroxylation is 2. The third-order valence-electron chi connectivity index (χ3n) is 4.29. The number of hydrogen-bond donors (Lipinski definition) is 2. The van der Waals surface area contributed by atoms with Gasteiger partial charge in [0.15, 0.2) is 0 Å². The van der Waals surface area contributed by atoms with Crippen molar-refractivity contribution in [2.24, 2.45) is 0 Å². The van der Waals surface area contributed by atoms with E-state index in [9.17, 15) is 9.59 Å². The molecule has 0 aliphatic carbocycles. The summed E-state index contributed by atoms with van der Waals surface area (Å²) >= 11 is 0. The van der Waals surface area contributed by atoms with Crippen LogP contribution in [0.15, 0.2) is 18.2 Å². The molecule has 0 spiro atoms. The van der Waals surface area contributed by atoms with Crippen molar-refractivity contribution >= 4 is 17.7 Å². The molecule has 1 aromatic rings. The Morgan fingerprint density at radius 3 is 2.40 bits per heavy atom. The molecule has 0 unspecified atom stereocenters. The topological polar surface area (TPSA) is 70.7 Å². The van der Waals surface area contributed by atoms with Gasteiger partial charge in [0.2, 0.25) is 5.91 Å². The van der Waals surface area contributed by atoms with Gasteiger partial charge >= 0.3 is 6.09 Å². The van der Waals surface area contributed by atoms with Crippen LogP contribution in [0.4, 0.5) is 10.5 Å². The number of rotatable bonds is 6. The fourth-order valence-corrected chi connectivity index (χ4v) is 3.12. The number of ether oxygens (including phenoxy) is 1. The van der Waals surface area contributed by atoms with Crippen LogP contribution in [0.5, 0.6) is 0 Å². The highest BCUT2D eigenvalue weighted by Gasteiger charge is 2.24. The zero-order valence-corrected chi connectivity index (χ0v) is 15.4. The van der Waals surface area contributed by atoms with Crippen molar-refractivity contribution in [3.8, 4) is 0 Å². The van der Waals surface area contributed by atoms with Gasteiger partial charge in [-0.15, -0.1) is 0 Å². The lowest BCUT2D eigenvalue weighted by Gasteiger charge is -2.31. The highest BCUT2D eigenvalue weighted by Crippen LogP contribution is 2.14. The normalized spacial score (nSPS) is 14.9. The molecule has 25 heavy (non-hydrogen) atoms. The molecule has 2 amide bonds. The lowest BCUT2D eigenvalue weighted by molar-refractivity contribution is -0.121. The molecule has 1 fully saturated rings. The molecule has 0 aromatic heterocycles. The molecule has 6 nitrogen and oxygen atoms in total. The summed E-state index contributed by atoms with van der Waals surface area (Å²) in [6.45, 7) is 8.19. The van der Waals surface area contributed by atoms with Crippen molar-refractivity contribution in [3.63, 3.8) is 0 Å². The van der Waals surface area contributed by atoms with Crippen LogP contribution < -0.4 is 10.6 Å². The number of nitrogens with one attached hydrogen (secondary N) is 2. The van der Waals surface area contributed by atoms with E-state index < -0.39 is 0 Å². The van der Waals surface area contributed by atoms with E-state index in [1.54, 1.807) is 11.8 Å². The lowest BCUT2D eigenvalue weighted by Crippen LogP contribution is -2.46. The van der Waals surface area contributed by atoms with Gasteiger partial charge in [-0.25, -0.2) is 4.79 Å². The van der Waals surface area contributed by atoms with Crippen molar-refractivity contribution in [1.82, 2.24) is 10.2 Å². The SMILES string of the molecule is CCOC(=O)N1CCC(NC(=O)CCNc2cc(C)cc(C)c2)CC1. The van der Waals surface area contributed by atoms with E-state index in [1.165, 1.54) is 11.1 Å². The summed E-state index contributed by atoms with van der Waals surface area (Å²) in [6, 6.07) is 6.42. The molecule has 0 radical (unpaired) electrons. The van der Waals surface area contributed by atoms with Crippen LogP contribution in [0.25, 0.3) is 0 Å². The second kappa shape index (κ2) is 9.30. The van der Waals surface area contributed by atoms with Crippen LogP contribution in [0.3, 0.4) is 0 Å². The predicted octanol–water partition coefficient (Wildman–Crippen LogP) is 2.84. The number of anilines is 1. The third-order valence-corrected chi connectivity index (χ3v) is 4.29. The minimum Gasteiger partial charge on any atom is -0.450 e. The molecule has 1 aliphatic rings. The van der Waals surface area contributed by atoms with E-state index in [1.807, 2.05) is 0 Å². The summed E-state index contributed by atoms with van der Waals surface area (Å²) < 4.78 is 5.00. The Labute approximate surface area is 149 Å². The van der Waals surface area contributed by atoms with Crippen LogP contribution in [-0.4, -0.2) is 49.2 Å². The Morgan fingerprint density at radius 2 is 1.80 bits per heavy atom. The Hall–Kier alpha value is -2.24. The minimum atomic E-state index is -0.259. The Balaban J connectivity index is 1.66. The van der Waals surface area contributed by atoms with Gasteiger partial charge in [-0.05, 0) is 56.9 Å². The largest absolute Gasteiger partial charge is 0.450 e. The maximum Gasteiger partial charge on any atom is 0.409 e. The molecule has 1 aliphatic heterocycles. The molecule has 0 atom stereocenters. The first kappa shape index (κ1) is 19.1. The maximum atomic E-state index is 12.1. The monoisotopic (exact) mass is 347 g/mol. The fourth-order valence-electron chi connectivity index (χ4n) is 3.12. The predicted molar refractivity (Wildman–Crippen MR) is 98.8 cm³/mol. The highest BCUT2D eigenvalue weighted by molar-refractivity contribution is 5.77. The van der Waals surface area contributed by atoms with Gasteiger partial charge in [-0.2, -0.15) is 0 Å². The molecular weight excluding hydrogens is 318 g/mol. The number of carbonyl (C=O) groups excluding carboxylic acids is 2. The van der Waals surface area contributed by atoms with E-state index in [2.05, 4.69) is 42.7 Å². The lowest BCUT2D eigenvalue weighted by atomic mass is 10.1. The summed E-state index contributed by atoms with van der Waals surface area (Å²) in [5.41, 5.74) is 3.47. The van der Waals surface area contributed by atoms with Crippen molar-refractivity contribution in [2.75, 3.05) is 31.6 Å². The van der Waals surface area contributed by atoms with Crippen LogP contribution in [0.1, 0.15) is 37.3 Å². The van der Waals surface area contributed by atoms with Gasteiger partial charge in [0, 0.05) is 37.8 Å². The van der Waals surface area contributed by atoms with Crippen molar-refractivity contribution < 1.29 is 14.3 Å². The van der Waals surface area contributed by atoms with Crippen LogP contribution in [0, 0.1) is 13.8 Å². The smallest absolute Gasteiger partial charge is 0.409 e. The molecule has 1 aromatic carbocycles. The standard InChI is InChI=1S/C19H29N3O3/c1-4-25-19(24)22-9-6-16(7-10-22)21-18(23)5-8-20-17-12-14(2)11-15(3)13-17/h11-13,16,20H,4-10H2,1-3H3,(H,21,23). The first-order valence-electron chi connectivity index (χ1n) is 9.01. The van der Waals surface area contributed by atoms with Gasteiger partial charge in [-0.3, -0.25) is 4.79 Å². The van der Waals surface area contributed by atoms with Gasteiger partial charge in [0.25, 0.3) is 0 Å². The van der Waals surface area contributed by atoms with Crippen LogP contribution >= 0.6 is 0 Å². The van der Waals surface area contributed by atoms with Crippen molar-refractivity contribution in [2.45, 2.75) is 46.1 Å². The van der Waals surface area contributed by atoms with Crippen molar-refractivity contribution in [1.29, 1.82) is 0 Å². The van der Waals surface area contributed by atoms with Gasteiger partial charge < -0.3 is 20.3 Å². The molecule has 138 valence electrons. The van der Waals surface area contributed by atoms with Gasteiger partial charge in [0.1, 0.15) is 0 Å². The van der Waals surface area contributed by atoms with Gasteiger partial charge in [-0.1, -0.05) is 6.07 Å². The second-order valence-electron chi connectivity index (χ2n) is 6.58. The molecule has 0 bridgehead atoms. The number of benzene rings is 1. The highest BCUT2D eigenvalue weighted by atomic mass is 16.6. The average Bonchev–Trinajstić information content (AvgIpc) is 2.55. The van der Waals surface area contributed by atoms with E-state index >= 15 is 0 Å². The molecule has 1 saturated heterocycles. The molecule has 1 heterocycles. The number of hydrogen-bond acceptors (Lipinski definition) is 4. The molecule has 0 saturated carbocycles. The van der Waals surface area contributed by atoms with E-state index in [0.717, 1.165) is 18.5 Å². The molecular formula is C19H29N3O3. The first-order chi connectivity index (χ1) is 12.0. The third kappa shape index (κ3) is 6.29. The Bertz CT molecular complexity index is 575. The molecule has 6 heteroatoms. The zero-order chi connectivity index (χ0) is 18.2. The van der Waals surface area contributed by atoms with E-state index in [0.29, 0.717) is 32.7 Å². The number of likely N-dealkylation sites (tertiary alicyclic amines) is 1. The average molecular weight is 347 g/mol. The Kier molecular flexibility index (Phi) is 7.10. The Morgan fingerprint density at radius 1 is 1.16 bits per heavy atom. The second-order valence-corrected chi connectivity index (χ2v) is 6.58. The zero-order valence-electron chi connectivity index (χ0n) is 15.4. The van der Waals surface area contributed by atoms with Gasteiger partial charge in [0.05, 0.1) is 6.61 Å². The van der Waals surface area contributed by atoms with Crippen LogP contribution in [0.2, 0.25) is 0 Å². The summed E-state index contributed by atoms with van der Waals surface area (Å²) in [7, 11) is 0. The van der Waals surface area contributed by atoms with E-state index in [4.69, 9.17) is 4.74 Å². The first-order valence-corrected chi connectivity index (χ1v) is 9.01. The summed E-state index contributed by atoms with van der Waals surface area (Å²) in [5, 5.41) is 6.36. The number of nitrogens with zero attached hydrogens (tertiary/aromatic N) is 1. The number of piperidine rings is 1.